The van der Waals surface area contributed by atoms with Gasteiger partial charge >= 0.3 is 12.0 Å². The Labute approximate surface area is 143 Å². The van der Waals surface area contributed by atoms with Crippen LogP contribution in [0.5, 0.6) is 11.5 Å². The minimum absolute atomic E-state index is 0.0112. The van der Waals surface area contributed by atoms with E-state index in [9.17, 15) is 14.4 Å². The molecule has 0 bridgehead atoms. The Kier molecular flexibility index (Phi) is 5.50. The lowest BCUT2D eigenvalue weighted by Crippen LogP contribution is -2.46. The maximum absolute atomic E-state index is 12.1. The zero-order valence-electron chi connectivity index (χ0n) is 13.3. The van der Waals surface area contributed by atoms with Crippen LogP contribution < -0.4 is 20.1 Å². The van der Waals surface area contributed by atoms with Crippen LogP contribution in [0.25, 0.3) is 0 Å². The average molecular weight is 357 g/mol. The monoisotopic (exact) mass is 356 g/mol. The molecule has 24 heavy (non-hydrogen) atoms. The van der Waals surface area contributed by atoms with Crippen LogP contribution in [0.2, 0.25) is 5.02 Å². The Hall–Kier alpha value is -2.48. The minimum Gasteiger partial charge on any atom is -0.454 e. The summed E-state index contributed by atoms with van der Waals surface area (Å²) in [5.41, 5.74) is 0.107. The summed E-state index contributed by atoms with van der Waals surface area (Å²) in [6, 6.07) is 1.97. The predicted molar refractivity (Wildman–Crippen MR) is 84.3 cm³/mol. The molecule has 1 atom stereocenters. The number of esters is 1. The number of nitrogens with one attached hydrogen (secondary N) is 2. The molecule has 0 saturated heterocycles. The van der Waals surface area contributed by atoms with Gasteiger partial charge in [-0.1, -0.05) is 11.6 Å². The highest BCUT2D eigenvalue weighted by Gasteiger charge is 2.24. The van der Waals surface area contributed by atoms with Crippen LogP contribution in [-0.4, -0.2) is 36.8 Å². The third-order valence-electron chi connectivity index (χ3n) is 2.97. The molecule has 1 aromatic carbocycles. The number of urea groups is 1. The van der Waals surface area contributed by atoms with E-state index in [0.29, 0.717) is 11.5 Å². The molecule has 1 aliphatic rings. The van der Waals surface area contributed by atoms with Crippen molar-refractivity contribution in [3.05, 3.63) is 22.7 Å². The normalized spacial score (nSPS) is 13.4. The van der Waals surface area contributed by atoms with E-state index in [0.717, 1.165) is 0 Å². The van der Waals surface area contributed by atoms with Gasteiger partial charge in [-0.3, -0.25) is 10.1 Å². The fourth-order valence-electron chi connectivity index (χ4n) is 1.88. The van der Waals surface area contributed by atoms with E-state index in [2.05, 4.69) is 10.6 Å². The molecule has 0 spiro atoms. The molecule has 1 aliphatic heterocycles. The standard InChI is InChI=1S/C15H17ClN2O6/c1-7(2)17-15(21)18-13(19)8(3)24-14(20)9-4-10(16)12-11(5-9)22-6-23-12/h4-5,7-8H,6H2,1-3H3,(H2,17,18,19,21)/t8-/m0/s1. The van der Waals surface area contributed by atoms with Crippen LogP contribution in [0, 0.1) is 0 Å². The summed E-state index contributed by atoms with van der Waals surface area (Å²) in [4.78, 5) is 35.4. The van der Waals surface area contributed by atoms with Crippen LogP contribution in [-0.2, 0) is 9.53 Å². The number of benzene rings is 1. The van der Waals surface area contributed by atoms with Gasteiger partial charge in [0, 0.05) is 6.04 Å². The lowest BCUT2D eigenvalue weighted by molar-refractivity contribution is -0.127. The van der Waals surface area contributed by atoms with E-state index in [1.165, 1.54) is 19.1 Å². The Morgan fingerprint density at radius 3 is 2.58 bits per heavy atom. The van der Waals surface area contributed by atoms with Gasteiger partial charge in [0.2, 0.25) is 6.79 Å². The van der Waals surface area contributed by atoms with Gasteiger partial charge in [0.05, 0.1) is 10.6 Å². The lowest BCUT2D eigenvalue weighted by atomic mass is 10.2. The molecular weight excluding hydrogens is 340 g/mol. The second kappa shape index (κ2) is 7.39. The fourth-order valence-corrected chi connectivity index (χ4v) is 2.14. The van der Waals surface area contributed by atoms with Crippen LogP contribution in [0.1, 0.15) is 31.1 Å². The second-order valence-electron chi connectivity index (χ2n) is 5.36. The first-order valence-electron chi connectivity index (χ1n) is 7.19. The van der Waals surface area contributed by atoms with E-state index in [1.54, 1.807) is 13.8 Å². The molecule has 1 aromatic rings. The molecule has 0 fully saturated rings. The summed E-state index contributed by atoms with van der Waals surface area (Å²) in [6.45, 7) is 4.86. The molecule has 1 heterocycles. The highest BCUT2D eigenvalue weighted by molar-refractivity contribution is 6.32. The lowest BCUT2D eigenvalue weighted by Gasteiger charge is -2.14. The highest BCUT2D eigenvalue weighted by atomic mass is 35.5. The van der Waals surface area contributed by atoms with Crippen molar-refractivity contribution in [2.24, 2.45) is 0 Å². The molecule has 8 nitrogen and oxygen atoms in total. The quantitative estimate of drug-likeness (QED) is 0.798. The molecule has 9 heteroatoms. The summed E-state index contributed by atoms with van der Waals surface area (Å²) in [5.74, 6) is -0.845. The Bertz CT molecular complexity index is 676. The molecule has 2 rings (SSSR count). The summed E-state index contributed by atoms with van der Waals surface area (Å²) in [6.07, 6.45) is -1.17. The number of hydrogen-bond donors (Lipinski definition) is 2. The second-order valence-corrected chi connectivity index (χ2v) is 5.76. The first-order chi connectivity index (χ1) is 11.3. The zero-order valence-corrected chi connectivity index (χ0v) is 14.1. The van der Waals surface area contributed by atoms with Crippen LogP contribution in [0.15, 0.2) is 12.1 Å². The molecule has 0 saturated carbocycles. The molecular formula is C15H17ClN2O6. The van der Waals surface area contributed by atoms with E-state index >= 15 is 0 Å². The number of hydrogen-bond acceptors (Lipinski definition) is 6. The fraction of sp³-hybridized carbons (Fsp3) is 0.400. The van der Waals surface area contributed by atoms with Crippen molar-refractivity contribution in [3.63, 3.8) is 0 Å². The molecule has 2 N–H and O–H groups in total. The predicted octanol–water partition coefficient (Wildman–Crippen LogP) is 1.85. The first-order valence-corrected chi connectivity index (χ1v) is 7.57. The maximum atomic E-state index is 12.1. The largest absolute Gasteiger partial charge is 0.454 e. The van der Waals surface area contributed by atoms with Crippen molar-refractivity contribution in [1.82, 2.24) is 10.6 Å². The number of carbonyl (C=O) groups excluding carboxylic acids is 3. The Morgan fingerprint density at radius 2 is 1.92 bits per heavy atom. The van der Waals surface area contributed by atoms with Gasteiger partial charge in [0.15, 0.2) is 17.6 Å². The van der Waals surface area contributed by atoms with E-state index < -0.39 is 24.0 Å². The van der Waals surface area contributed by atoms with Gasteiger partial charge < -0.3 is 19.5 Å². The number of ether oxygens (including phenoxy) is 3. The van der Waals surface area contributed by atoms with Crippen LogP contribution >= 0.6 is 11.6 Å². The number of halogens is 1. The molecule has 130 valence electrons. The molecule has 0 aliphatic carbocycles. The van der Waals surface area contributed by atoms with E-state index in [1.807, 2.05) is 0 Å². The number of rotatable bonds is 4. The van der Waals surface area contributed by atoms with Gasteiger partial charge in [-0.15, -0.1) is 0 Å². The van der Waals surface area contributed by atoms with Crippen molar-refractivity contribution < 1.29 is 28.6 Å². The van der Waals surface area contributed by atoms with Crippen molar-refractivity contribution in [2.75, 3.05) is 6.79 Å². The zero-order chi connectivity index (χ0) is 17.9. The summed E-state index contributed by atoms with van der Waals surface area (Å²) >= 11 is 5.99. The smallest absolute Gasteiger partial charge is 0.339 e. The van der Waals surface area contributed by atoms with Gasteiger partial charge in [0.25, 0.3) is 5.91 Å². The van der Waals surface area contributed by atoms with Crippen LogP contribution in [0.3, 0.4) is 0 Å². The Balaban J connectivity index is 1.98. The van der Waals surface area contributed by atoms with Crippen molar-refractivity contribution in [1.29, 1.82) is 0 Å². The van der Waals surface area contributed by atoms with Gasteiger partial charge in [-0.05, 0) is 32.9 Å². The summed E-state index contributed by atoms with van der Waals surface area (Å²) in [5, 5.41) is 4.77. The first kappa shape index (κ1) is 17.9. The average Bonchev–Trinajstić information content (AvgIpc) is 2.94. The van der Waals surface area contributed by atoms with Crippen molar-refractivity contribution in [3.8, 4) is 11.5 Å². The van der Waals surface area contributed by atoms with Gasteiger partial charge in [-0.2, -0.15) is 0 Å². The third kappa shape index (κ3) is 4.29. The number of amides is 3. The molecule has 0 unspecified atom stereocenters. The summed E-state index contributed by atoms with van der Waals surface area (Å²) < 4.78 is 15.3. The molecule has 0 aromatic heterocycles. The topological polar surface area (TPSA) is 103 Å². The summed E-state index contributed by atoms with van der Waals surface area (Å²) in [7, 11) is 0. The van der Waals surface area contributed by atoms with E-state index in [4.69, 9.17) is 25.8 Å². The molecule has 0 radical (unpaired) electrons. The number of fused-ring (bicyclic) bond motifs is 1. The third-order valence-corrected chi connectivity index (χ3v) is 3.25. The number of carbonyl (C=O) groups is 3. The van der Waals surface area contributed by atoms with Crippen LogP contribution in [0.4, 0.5) is 4.79 Å². The van der Waals surface area contributed by atoms with Crippen molar-refractivity contribution in [2.45, 2.75) is 32.9 Å². The van der Waals surface area contributed by atoms with Gasteiger partial charge in [0.1, 0.15) is 0 Å². The maximum Gasteiger partial charge on any atom is 0.339 e. The highest BCUT2D eigenvalue weighted by Crippen LogP contribution is 2.39. The van der Waals surface area contributed by atoms with Gasteiger partial charge in [-0.25, -0.2) is 9.59 Å². The van der Waals surface area contributed by atoms with E-state index in [-0.39, 0.29) is 23.4 Å². The Morgan fingerprint density at radius 1 is 1.21 bits per heavy atom. The SMILES string of the molecule is CC(C)NC(=O)NC(=O)[C@H](C)OC(=O)c1cc(Cl)c2c(c1)OCO2. The number of imide groups is 1. The molecule has 3 amide bonds. The van der Waals surface area contributed by atoms with Crippen molar-refractivity contribution >= 4 is 29.5 Å². The minimum atomic E-state index is -1.17.